The Morgan fingerprint density at radius 1 is 1.00 bits per heavy atom. The number of amides is 3. The smallest absolute Gasteiger partial charge is 0.416 e. The molecule has 4 rings (SSSR count). The lowest BCUT2D eigenvalue weighted by Crippen LogP contribution is -2.48. The highest BCUT2D eigenvalue weighted by Crippen LogP contribution is 2.38. The van der Waals surface area contributed by atoms with E-state index in [4.69, 9.17) is 4.42 Å². The van der Waals surface area contributed by atoms with Crippen LogP contribution in [0.5, 0.6) is 0 Å². The second-order valence-electron chi connectivity index (χ2n) is 10.1. The molecule has 0 bridgehead atoms. The molecule has 3 aromatic rings. The molecular weight excluding hydrogens is 587 g/mol. The number of nitrogens with one attached hydrogen (secondary N) is 2. The molecule has 1 aromatic heterocycles. The number of urea groups is 1. The summed E-state index contributed by atoms with van der Waals surface area (Å²) in [5, 5.41) is 5.13. The maximum absolute atomic E-state index is 13.8. The van der Waals surface area contributed by atoms with Crippen LogP contribution in [-0.2, 0) is 23.6 Å². The summed E-state index contributed by atoms with van der Waals surface area (Å²) in [7, 11) is 0. The van der Waals surface area contributed by atoms with Gasteiger partial charge in [0.2, 0.25) is 5.91 Å². The Kier molecular flexibility index (Phi) is 9.16. The summed E-state index contributed by atoms with van der Waals surface area (Å²) >= 11 is 0. The van der Waals surface area contributed by atoms with Gasteiger partial charge >= 0.3 is 18.4 Å². The Bertz CT molecular complexity index is 1470. The van der Waals surface area contributed by atoms with Gasteiger partial charge in [-0.25, -0.2) is 9.18 Å². The number of hydrogen-bond donors (Lipinski definition) is 2. The Morgan fingerprint density at radius 3 is 2.26 bits per heavy atom. The highest BCUT2D eigenvalue weighted by atomic mass is 19.4. The Labute approximate surface area is 241 Å². The molecule has 0 unspecified atom stereocenters. The Balaban J connectivity index is 1.49. The minimum Gasteiger partial charge on any atom is -0.438 e. The summed E-state index contributed by atoms with van der Waals surface area (Å²) in [6.45, 7) is 1.42. The van der Waals surface area contributed by atoms with Gasteiger partial charge in [0.05, 0.1) is 17.2 Å². The molecule has 0 radical (unpaired) electrons. The van der Waals surface area contributed by atoms with Crippen molar-refractivity contribution >= 4 is 24.1 Å². The standard InChI is InChI=1S/C29H26F7N3O4/c1-16-10-21(30)2-4-23(16)24-13-18(26(41)38-25-5-3-22(15-40)43-25)7-9-39(24)27(42)37-8-6-17-11-19(28(31,32)33)14-20(12-17)29(34,35)36/h2-5,10-12,14-15,18,24H,6-9,13H2,1H3,(H,37,42)(H,38,41)/t18-,24+/m0/s1. The van der Waals surface area contributed by atoms with E-state index in [1.54, 1.807) is 6.92 Å². The summed E-state index contributed by atoms with van der Waals surface area (Å²) in [4.78, 5) is 38.5. The molecule has 2 atom stereocenters. The zero-order valence-electron chi connectivity index (χ0n) is 22.6. The molecule has 2 heterocycles. The van der Waals surface area contributed by atoms with Gasteiger partial charge in [-0.15, -0.1) is 0 Å². The van der Waals surface area contributed by atoms with E-state index in [1.165, 1.54) is 35.2 Å². The lowest BCUT2D eigenvalue weighted by atomic mass is 9.85. The largest absolute Gasteiger partial charge is 0.438 e. The number of aldehydes is 1. The number of rotatable bonds is 7. The molecule has 1 fully saturated rings. The SMILES string of the molecule is Cc1cc(F)ccc1[C@H]1C[C@@H](C(=O)Nc2ccc(C=O)o2)CCN1C(=O)NCCc1cc(C(F)(F)F)cc(C(F)(F)F)c1. The number of furan rings is 1. The molecule has 43 heavy (non-hydrogen) atoms. The molecule has 2 N–H and O–H groups in total. The fraction of sp³-hybridized carbons (Fsp3) is 0.345. The number of halogens is 7. The fourth-order valence-corrected chi connectivity index (χ4v) is 5.04. The van der Waals surface area contributed by atoms with E-state index in [0.29, 0.717) is 29.5 Å². The van der Waals surface area contributed by atoms with Gasteiger partial charge in [0.1, 0.15) is 5.82 Å². The van der Waals surface area contributed by atoms with Crippen LogP contribution in [0.3, 0.4) is 0 Å². The summed E-state index contributed by atoms with van der Waals surface area (Å²) < 4.78 is 98.3. The molecule has 0 aliphatic carbocycles. The third-order valence-corrected chi connectivity index (χ3v) is 7.15. The molecule has 1 saturated heterocycles. The quantitative estimate of drug-likeness (QED) is 0.224. The topological polar surface area (TPSA) is 91.7 Å². The summed E-state index contributed by atoms with van der Waals surface area (Å²) in [5.41, 5.74) is -2.10. The molecule has 7 nitrogen and oxygen atoms in total. The number of hydrogen-bond acceptors (Lipinski definition) is 4. The molecule has 3 amide bonds. The number of nitrogens with zero attached hydrogens (tertiary/aromatic N) is 1. The van der Waals surface area contributed by atoms with Gasteiger partial charge in [-0.3, -0.25) is 14.9 Å². The van der Waals surface area contributed by atoms with Gasteiger partial charge in [-0.2, -0.15) is 26.3 Å². The van der Waals surface area contributed by atoms with E-state index < -0.39 is 53.2 Å². The van der Waals surface area contributed by atoms with E-state index in [1.807, 2.05) is 0 Å². The second-order valence-corrected chi connectivity index (χ2v) is 10.1. The van der Waals surface area contributed by atoms with Crippen molar-refractivity contribution in [2.45, 2.75) is 44.6 Å². The number of benzene rings is 2. The average Bonchev–Trinajstić information content (AvgIpc) is 3.39. The number of piperidine rings is 1. The zero-order chi connectivity index (χ0) is 31.5. The van der Waals surface area contributed by atoms with Crippen molar-refractivity contribution < 1.29 is 49.5 Å². The normalized spacial score (nSPS) is 17.4. The number of aryl methyl sites for hydroxylation is 1. The summed E-state index contributed by atoms with van der Waals surface area (Å²) in [5.74, 6) is -1.48. The van der Waals surface area contributed by atoms with Crippen LogP contribution in [0.2, 0.25) is 0 Å². The zero-order valence-corrected chi connectivity index (χ0v) is 22.6. The van der Waals surface area contributed by atoms with Crippen LogP contribution in [0.4, 0.5) is 41.4 Å². The van der Waals surface area contributed by atoms with Crippen LogP contribution >= 0.6 is 0 Å². The number of carbonyl (C=O) groups is 3. The summed E-state index contributed by atoms with van der Waals surface area (Å²) in [6.07, 6.45) is -9.50. The van der Waals surface area contributed by atoms with E-state index >= 15 is 0 Å². The van der Waals surface area contributed by atoms with Crippen LogP contribution in [0.25, 0.3) is 0 Å². The van der Waals surface area contributed by atoms with Gasteiger partial charge in [-0.1, -0.05) is 6.07 Å². The molecule has 230 valence electrons. The minimum absolute atomic E-state index is 0.0152. The van der Waals surface area contributed by atoms with Crippen molar-refractivity contribution in [3.63, 3.8) is 0 Å². The van der Waals surface area contributed by atoms with E-state index in [0.717, 1.165) is 0 Å². The van der Waals surface area contributed by atoms with Crippen molar-refractivity contribution in [1.29, 1.82) is 0 Å². The third kappa shape index (κ3) is 7.73. The van der Waals surface area contributed by atoms with Gasteiger partial charge in [-0.05, 0) is 79.3 Å². The Morgan fingerprint density at radius 2 is 1.67 bits per heavy atom. The predicted molar refractivity (Wildman–Crippen MR) is 140 cm³/mol. The van der Waals surface area contributed by atoms with Gasteiger partial charge < -0.3 is 14.6 Å². The van der Waals surface area contributed by atoms with E-state index in [2.05, 4.69) is 10.6 Å². The Hall–Kier alpha value is -4.36. The monoisotopic (exact) mass is 613 g/mol. The highest BCUT2D eigenvalue weighted by molar-refractivity contribution is 5.92. The fourth-order valence-electron chi connectivity index (χ4n) is 5.04. The number of carbonyl (C=O) groups excluding carboxylic acids is 3. The van der Waals surface area contributed by atoms with Crippen molar-refractivity contribution in [3.05, 3.63) is 87.9 Å². The van der Waals surface area contributed by atoms with Crippen molar-refractivity contribution in [2.75, 3.05) is 18.4 Å². The molecule has 14 heteroatoms. The van der Waals surface area contributed by atoms with Crippen LogP contribution in [0, 0.1) is 18.7 Å². The predicted octanol–water partition coefficient (Wildman–Crippen LogP) is 6.92. The first-order chi connectivity index (χ1) is 20.2. The van der Waals surface area contributed by atoms with Crippen molar-refractivity contribution in [3.8, 4) is 0 Å². The van der Waals surface area contributed by atoms with E-state index in [9.17, 15) is 45.1 Å². The first-order valence-corrected chi connectivity index (χ1v) is 13.1. The van der Waals surface area contributed by atoms with Crippen molar-refractivity contribution in [2.24, 2.45) is 5.92 Å². The van der Waals surface area contributed by atoms with Crippen LogP contribution < -0.4 is 10.6 Å². The highest BCUT2D eigenvalue weighted by Gasteiger charge is 2.38. The lowest BCUT2D eigenvalue weighted by molar-refractivity contribution is -0.143. The van der Waals surface area contributed by atoms with Crippen LogP contribution in [0.15, 0.2) is 52.9 Å². The first-order valence-electron chi connectivity index (χ1n) is 13.1. The van der Waals surface area contributed by atoms with Gasteiger partial charge in [0.15, 0.2) is 17.9 Å². The maximum Gasteiger partial charge on any atom is 0.416 e. The van der Waals surface area contributed by atoms with Gasteiger partial charge in [0, 0.05) is 25.1 Å². The van der Waals surface area contributed by atoms with E-state index in [-0.39, 0.29) is 55.6 Å². The molecule has 1 aliphatic heterocycles. The summed E-state index contributed by atoms with van der Waals surface area (Å²) in [6, 6.07) is 6.63. The minimum atomic E-state index is -5.00. The molecule has 0 saturated carbocycles. The third-order valence-electron chi connectivity index (χ3n) is 7.15. The second kappa shape index (κ2) is 12.5. The molecule has 1 aliphatic rings. The molecule has 2 aromatic carbocycles. The van der Waals surface area contributed by atoms with Crippen molar-refractivity contribution in [1.82, 2.24) is 10.2 Å². The maximum atomic E-state index is 13.8. The molecular formula is C29H26F7N3O4. The molecule has 0 spiro atoms. The average molecular weight is 614 g/mol. The van der Waals surface area contributed by atoms with Crippen LogP contribution in [0.1, 0.15) is 57.3 Å². The first kappa shape index (κ1) is 31.6. The number of anilines is 1. The lowest BCUT2D eigenvalue weighted by Gasteiger charge is -2.39. The number of alkyl halides is 6. The van der Waals surface area contributed by atoms with Gasteiger partial charge in [0.25, 0.3) is 0 Å². The van der Waals surface area contributed by atoms with Crippen LogP contribution in [-0.4, -0.2) is 36.2 Å². The number of likely N-dealkylation sites (tertiary alicyclic amines) is 1.